The molecule has 2 aromatic carbocycles. The second-order valence-electron chi connectivity index (χ2n) is 4.04. The summed E-state index contributed by atoms with van der Waals surface area (Å²) >= 11 is 11.7. The Labute approximate surface area is 132 Å². The number of nitrogens with one attached hydrogen (secondary N) is 1. The average molecular weight is 345 g/mol. The van der Waals surface area contributed by atoms with Gasteiger partial charge in [0.25, 0.3) is 10.1 Å². The molecule has 0 aromatic heterocycles. The summed E-state index contributed by atoms with van der Waals surface area (Å²) < 4.78 is 30.6. The van der Waals surface area contributed by atoms with Crippen LogP contribution in [0.3, 0.4) is 0 Å². The zero-order valence-electron chi connectivity index (χ0n) is 10.5. The topological polar surface area (TPSA) is 78.8 Å². The summed E-state index contributed by atoms with van der Waals surface area (Å²) in [4.78, 5) is -0.179. The highest BCUT2D eigenvalue weighted by atomic mass is 35.5. The zero-order chi connectivity index (χ0) is 15.5. The van der Waals surface area contributed by atoms with Gasteiger partial charge >= 0.3 is 0 Å². The molecule has 0 atom stereocenters. The minimum absolute atomic E-state index is 0.179. The van der Waals surface area contributed by atoms with Crippen molar-refractivity contribution in [3.05, 3.63) is 58.1 Å². The van der Waals surface area contributed by atoms with E-state index in [0.29, 0.717) is 15.7 Å². The fourth-order valence-electron chi connectivity index (χ4n) is 1.48. The summed E-state index contributed by atoms with van der Waals surface area (Å²) in [6.45, 7) is 0. The van der Waals surface area contributed by atoms with Gasteiger partial charge in [-0.2, -0.15) is 13.5 Å². The number of benzene rings is 2. The third kappa shape index (κ3) is 4.44. The SMILES string of the molecule is O=S(=O)(O)c1ccc(NN=Cc2ccc(Cl)c(Cl)c2)cc1. The largest absolute Gasteiger partial charge is 0.294 e. The highest BCUT2D eigenvalue weighted by Gasteiger charge is 2.07. The third-order valence-corrected chi connectivity index (χ3v) is 4.11. The predicted octanol–water partition coefficient (Wildman–Crippen LogP) is 3.69. The van der Waals surface area contributed by atoms with Gasteiger partial charge in [-0.15, -0.1) is 0 Å². The highest BCUT2D eigenvalue weighted by Crippen LogP contribution is 2.21. The maximum atomic E-state index is 10.9. The Balaban J connectivity index is 2.05. The number of hydrogen-bond acceptors (Lipinski definition) is 4. The van der Waals surface area contributed by atoms with Crippen molar-refractivity contribution in [3.63, 3.8) is 0 Å². The monoisotopic (exact) mass is 344 g/mol. The van der Waals surface area contributed by atoms with Crippen LogP contribution in [0.2, 0.25) is 10.0 Å². The molecule has 0 unspecified atom stereocenters. The van der Waals surface area contributed by atoms with Gasteiger partial charge in [-0.25, -0.2) is 0 Å². The van der Waals surface area contributed by atoms with Crippen molar-refractivity contribution < 1.29 is 13.0 Å². The molecular formula is C13H10Cl2N2O3S. The standard InChI is InChI=1S/C13H10Cl2N2O3S/c14-12-6-1-9(7-13(12)15)8-16-17-10-2-4-11(5-3-10)21(18,19)20/h1-8,17H,(H,18,19,20). The van der Waals surface area contributed by atoms with E-state index < -0.39 is 10.1 Å². The van der Waals surface area contributed by atoms with Crippen LogP contribution < -0.4 is 5.43 Å². The van der Waals surface area contributed by atoms with Crippen molar-refractivity contribution in [2.75, 3.05) is 5.43 Å². The van der Waals surface area contributed by atoms with Gasteiger partial charge in [-0.3, -0.25) is 9.98 Å². The van der Waals surface area contributed by atoms with Crippen LogP contribution in [0.25, 0.3) is 0 Å². The van der Waals surface area contributed by atoms with Gasteiger partial charge in [0.2, 0.25) is 0 Å². The van der Waals surface area contributed by atoms with Crippen LogP contribution in [0.4, 0.5) is 5.69 Å². The Kier molecular flexibility index (Phi) is 4.84. The van der Waals surface area contributed by atoms with Crippen molar-refractivity contribution in [3.8, 4) is 0 Å². The molecule has 0 heterocycles. The number of rotatable bonds is 4. The van der Waals surface area contributed by atoms with Gasteiger partial charge in [0.05, 0.1) is 26.8 Å². The molecule has 0 saturated heterocycles. The molecule has 0 bridgehead atoms. The van der Waals surface area contributed by atoms with E-state index in [1.807, 2.05) is 0 Å². The van der Waals surface area contributed by atoms with Crippen molar-refractivity contribution in [2.45, 2.75) is 4.90 Å². The van der Waals surface area contributed by atoms with Crippen LogP contribution in [0.5, 0.6) is 0 Å². The van der Waals surface area contributed by atoms with Gasteiger partial charge in [-0.05, 0) is 42.0 Å². The molecule has 2 rings (SSSR count). The minimum Gasteiger partial charge on any atom is -0.282 e. The summed E-state index contributed by atoms with van der Waals surface area (Å²) in [6, 6.07) is 10.6. The van der Waals surface area contributed by atoms with E-state index in [1.165, 1.54) is 24.3 Å². The summed E-state index contributed by atoms with van der Waals surface area (Å²) in [6.07, 6.45) is 1.54. The lowest BCUT2D eigenvalue weighted by atomic mass is 10.2. The number of anilines is 1. The van der Waals surface area contributed by atoms with Gasteiger partial charge in [0.1, 0.15) is 0 Å². The van der Waals surface area contributed by atoms with Crippen LogP contribution in [0.1, 0.15) is 5.56 Å². The molecule has 0 aliphatic rings. The fraction of sp³-hybridized carbons (Fsp3) is 0. The number of nitrogens with zero attached hydrogens (tertiary/aromatic N) is 1. The number of hydrazone groups is 1. The Morgan fingerprint density at radius 3 is 2.29 bits per heavy atom. The first-order valence-electron chi connectivity index (χ1n) is 5.68. The third-order valence-electron chi connectivity index (χ3n) is 2.50. The predicted molar refractivity (Wildman–Crippen MR) is 83.9 cm³/mol. The normalized spacial score (nSPS) is 11.8. The molecule has 0 radical (unpaired) electrons. The molecule has 2 aromatic rings. The molecule has 0 fully saturated rings. The average Bonchev–Trinajstić information content (AvgIpc) is 2.42. The first kappa shape index (κ1) is 15.8. The first-order valence-corrected chi connectivity index (χ1v) is 7.87. The molecule has 8 heteroatoms. The second kappa shape index (κ2) is 6.44. The van der Waals surface area contributed by atoms with E-state index in [0.717, 1.165) is 5.56 Å². The molecule has 0 saturated carbocycles. The molecule has 0 aliphatic carbocycles. The summed E-state index contributed by atoms with van der Waals surface area (Å²) in [5.74, 6) is 0. The van der Waals surface area contributed by atoms with Gasteiger partial charge in [0.15, 0.2) is 0 Å². The second-order valence-corrected chi connectivity index (χ2v) is 6.28. The first-order chi connectivity index (χ1) is 9.86. The van der Waals surface area contributed by atoms with E-state index in [2.05, 4.69) is 10.5 Å². The Hall–Kier alpha value is -1.60. The van der Waals surface area contributed by atoms with Crippen molar-refractivity contribution in [1.29, 1.82) is 0 Å². The lowest BCUT2D eigenvalue weighted by Gasteiger charge is -2.02. The number of halogens is 2. The van der Waals surface area contributed by atoms with E-state index in [-0.39, 0.29) is 4.90 Å². The van der Waals surface area contributed by atoms with Crippen molar-refractivity contribution in [2.24, 2.45) is 5.10 Å². The lowest BCUT2D eigenvalue weighted by molar-refractivity contribution is 0.483. The van der Waals surface area contributed by atoms with E-state index in [1.54, 1.807) is 24.4 Å². The molecule has 5 nitrogen and oxygen atoms in total. The van der Waals surface area contributed by atoms with Gasteiger partial charge in [0, 0.05) is 0 Å². The van der Waals surface area contributed by atoms with Gasteiger partial charge < -0.3 is 0 Å². The summed E-state index contributed by atoms with van der Waals surface area (Å²) in [5.41, 5.74) is 4.05. The van der Waals surface area contributed by atoms with Crippen LogP contribution in [0, 0.1) is 0 Å². The zero-order valence-corrected chi connectivity index (χ0v) is 12.8. The lowest BCUT2D eigenvalue weighted by Crippen LogP contribution is -1.98. The fourth-order valence-corrected chi connectivity index (χ4v) is 2.26. The minimum atomic E-state index is -4.19. The molecule has 0 spiro atoms. The summed E-state index contributed by atoms with van der Waals surface area (Å²) in [5, 5.41) is 4.88. The maximum absolute atomic E-state index is 10.9. The Morgan fingerprint density at radius 2 is 1.71 bits per heavy atom. The van der Waals surface area contributed by atoms with E-state index >= 15 is 0 Å². The quantitative estimate of drug-likeness (QED) is 0.503. The molecule has 0 amide bonds. The van der Waals surface area contributed by atoms with E-state index in [4.69, 9.17) is 27.8 Å². The Bertz CT molecular complexity index is 775. The Morgan fingerprint density at radius 1 is 1.05 bits per heavy atom. The molecule has 21 heavy (non-hydrogen) atoms. The molecular weight excluding hydrogens is 335 g/mol. The molecule has 2 N–H and O–H groups in total. The molecule has 110 valence electrons. The summed E-state index contributed by atoms with van der Waals surface area (Å²) in [7, 11) is -4.19. The number of hydrogen-bond donors (Lipinski definition) is 2. The van der Waals surface area contributed by atoms with Gasteiger partial charge in [-0.1, -0.05) is 29.3 Å². The van der Waals surface area contributed by atoms with Crippen LogP contribution >= 0.6 is 23.2 Å². The van der Waals surface area contributed by atoms with Crippen LogP contribution in [0.15, 0.2) is 52.5 Å². The maximum Gasteiger partial charge on any atom is 0.294 e. The van der Waals surface area contributed by atoms with Crippen LogP contribution in [-0.2, 0) is 10.1 Å². The van der Waals surface area contributed by atoms with Crippen molar-refractivity contribution in [1.82, 2.24) is 0 Å². The van der Waals surface area contributed by atoms with Crippen LogP contribution in [-0.4, -0.2) is 19.2 Å². The molecule has 0 aliphatic heterocycles. The smallest absolute Gasteiger partial charge is 0.282 e. The highest BCUT2D eigenvalue weighted by molar-refractivity contribution is 7.85. The van der Waals surface area contributed by atoms with E-state index in [9.17, 15) is 8.42 Å². The van der Waals surface area contributed by atoms with Crippen molar-refractivity contribution >= 4 is 45.2 Å².